The molecular formula is C13H16N2O2S. The van der Waals surface area contributed by atoms with Gasteiger partial charge in [0, 0.05) is 19.2 Å². The summed E-state index contributed by atoms with van der Waals surface area (Å²) >= 11 is 1.65. The Morgan fingerprint density at radius 2 is 2.50 bits per heavy atom. The normalized spacial score (nSPS) is 21.3. The van der Waals surface area contributed by atoms with Crippen molar-refractivity contribution in [1.82, 2.24) is 10.1 Å². The molecule has 0 radical (unpaired) electrons. The van der Waals surface area contributed by atoms with Crippen LogP contribution in [0.2, 0.25) is 0 Å². The third-order valence-electron chi connectivity index (χ3n) is 3.19. The molecule has 2 aromatic heterocycles. The van der Waals surface area contributed by atoms with E-state index in [4.69, 9.17) is 4.52 Å². The van der Waals surface area contributed by atoms with Gasteiger partial charge in [0.2, 0.25) is 0 Å². The molecule has 0 bridgehead atoms. The number of piperidine rings is 1. The van der Waals surface area contributed by atoms with Gasteiger partial charge in [0.25, 0.3) is 0 Å². The first-order valence-corrected chi connectivity index (χ1v) is 7.09. The monoisotopic (exact) mass is 264 g/mol. The van der Waals surface area contributed by atoms with Gasteiger partial charge in [-0.25, -0.2) is 0 Å². The van der Waals surface area contributed by atoms with E-state index >= 15 is 0 Å². The third-order valence-corrected chi connectivity index (χ3v) is 4.07. The fourth-order valence-corrected chi connectivity index (χ4v) is 3.00. The van der Waals surface area contributed by atoms with E-state index in [1.165, 1.54) is 0 Å². The molecule has 0 aliphatic carbocycles. The topological polar surface area (TPSA) is 49.5 Å². The van der Waals surface area contributed by atoms with Crippen LogP contribution in [0.15, 0.2) is 28.1 Å². The molecule has 0 saturated carbocycles. The maximum atomic E-state index is 9.63. The number of hydrogen-bond acceptors (Lipinski definition) is 5. The van der Waals surface area contributed by atoms with E-state index in [2.05, 4.69) is 10.1 Å². The Morgan fingerprint density at radius 1 is 1.56 bits per heavy atom. The predicted molar refractivity (Wildman–Crippen MR) is 70.3 cm³/mol. The molecule has 5 heteroatoms. The van der Waals surface area contributed by atoms with Crippen LogP contribution < -0.4 is 0 Å². The summed E-state index contributed by atoms with van der Waals surface area (Å²) in [6.07, 6.45) is 1.77. The largest absolute Gasteiger partial charge is 0.392 e. The van der Waals surface area contributed by atoms with Crippen LogP contribution in [0.3, 0.4) is 0 Å². The Labute approximate surface area is 110 Å². The van der Waals surface area contributed by atoms with Crippen LogP contribution in [0, 0.1) is 0 Å². The fourth-order valence-electron chi connectivity index (χ4n) is 2.33. The zero-order valence-electron chi connectivity index (χ0n) is 10.1. The maximum absolute atomic E-state index is 9.63. The molecule has 18 heavy (non-hydrogen) atoms. The zero-order chi connectivity index (χ0) is 12.4. The predicted octanol–water partition coefficient (Wildman–Crippen LogP) is 2.36. The van der Waals surface area contributed by atoms with Gasteiger partial charge < -0.3 is 9.63 Å². The lowest BCUT2D eigenvalue weighted by Crippen LogP contribution is -2.37. The number of aliphatic hydroxyl groups is 1. The van der Waals surface area contributed by atoms with Crippen molar-refractivity contribution in [2.45, 2.75) is 25.5 Å². The zero-order valence-corrected chi connectivity index (χ0v) is 10.9. The minimum Gasteiger partial charge on any atom is -0.392 e. The summed E-state index contributed by atoms with van der Waals surface area (Å²) in [4.78, 5) is 3.33. The molecule has 0 aromatic carbocycles. The van der Waals surface area contributed by atoms with E-state index in [9.17, 15) is 5.11 Å². The molecule has 1 N–H and O–H groups in total. The van der Waals surface area contributed by atoms with Crippen molar-refractivity contribution in [3.63, 3.8) is 0 Å². The van der Waals surface area contributed by atoms with Crippen molar-refractivity contribution < 1.29 is 9.63 Å². The Kier molecular flexibility index (Phi) is 3.45. The second-order valence-corrected chi connectivity index (χ2v) is 5.64. The number of nitrogens with zero attached hydrogens (tertiary/aromatic N) is 2. The highest BCUT2D eigenvalue weighted by Crippen LogP contribution is 2.25. The van der Waals surface area contributed by atoms with Gasteiger partial charge in [-0.05, 0) is 30.8 Å². The van der Waals surface area contributed by atoms with E-state index in [-0.39, 0.29) is 6.10 Å². The van der Waals surface area contributed by atoms with Gasteiger partial charge in [0.1, 0.15) is 0 Å². The number of aromatic nitrogens is 1. The first-order valence-electron chi connectivity index (χ1n) is 6.21. The number of thiophene rings is 1. The minimum absolute atomic E-state index is 0.192. The lowest BCUT2D eigenvalue weighted by molar-refractivity contribution is 0.0657. The molecule has 4 nitrogen and oxygen atoms in total. The molecule has 3 rings (SSSR count). The molecule has 1 fully saturated rings. The van der Waals surface area contributed by atoms with E-state index in [0.29, 0.717) is 0 Å². The van der Waals surface area contributed by atoms with E-state index < -0.39 is 0 Å². The lowest BCUT2D eigenvalue weighted by Gasteiger charge is -2.28. The van der Waals surface area contributed by atoms with Gasteiger partial charge in [-0.1, -0.05) is 11.2 Å². The smallest absolute Gasteiger partial charge is 0.177 e. The van der Waals surface area contributed by atoms with Crippen LogP contribution in [0.25, 0.3) is 10.6 Å². The molecule has 1 aliphatic rings. The number of rotatable bonds is 3. The molecule has 1 atom stereocenters. The molecular weight excluding hydrogens is 248 g/mol. The average Bonchev–Trinajstić information content (AvgIpc) is 2.98. The van der Waals surface area contributed by atoms with Crippen LogP contribution in [0.5, 0.6) is 0 Å². The van der Waals surface area contributed by atoms with Crippen LogP contribution in [0.4, 0.5) is 0 Å². The molecule has 3 heterocycles. The minimum atomic E-state index is -0.192. The van der Waals surface area contributed by atoms with Crippen molar-refractivity contribution in [2.24, 2.45) is 0 Å². The average molecular weight is 264 g/mol. The highest BCUT2D eigenvalue weighted by molar-refractivity contribution is 7.13. The Balaban J connectivity index is 1.66. The quantitative estimate of drug-likeness (QED) is 0.924. The first-order chi connectivity index (χ1) is 8.81. The summed E-state index contributed by atoms with van der Waals surface area (Å²) in [5, 5.41) is 15.8. The molecule has 1 aliphatic heterocycles. The Bertz CT molecular complexity index is 495. The Hall–Kier alpha value is -1.17. The summed E-state index contributed by atoms with van der Waals surface area (Å²) in [6.45, 7) is 2.52. The number of hydrogen-bond donors (Lipinski definition) is 1. The summed E-state index contributed by atoms with van der Waals surface area (Å²) < 4.78 is 5.35. The molecule has 96 valence electrons. The van der Waals surface area contributed by atoms with Gasteiger partial charge in [-0.15, -0.1) is 11.3 Å². The number of aliphatic hydroxyl groups excluding tert-OH is 1. The van der Waals surface area contributed by atoms with E-state index in [0.717, 1.165) is 48.8 Å². The second kappa shape index (κ2) is 5.22. The summed E-state index contributed by atoms with van der Waals surface area (Å²) in [5.74, 6) is 0.831. The second-order valence-electron chi connectivity index (χ2n) is 4.69. The Morgan fingerprint density at radius 3 is 3.28 bits per heavy atom. The van der Waals surface area contributed by atoms with Crippen LogP contribution in [-0.2, 0) is 6.54 Å². The first kappa shape index (κ1) is 11.9. The molecule has 0 amide bonds. The fraction of sp³-hybridized carbons (Fsp3) is 0.462. The van der Waals surface area contributed by atoms with Crippen LogP contribution in [0.1, 0.15) is 18.5 Å². The summed E-state index contributed by atoms with van der Waals surface area (Å²) in [5.41, 5.74) is 0.938. The van der Waals surface area contributed by atoms with Gasteiger partial charge in [0.05, 0.1) is 16.7 Å². The van der Waals surface area contributed by atoms with Crippen molar-refractivity contribution in [2.75, 3.05) is 13.1 Å². The maximum Gasteiger partial charge on any atom is 0.177 e. The lowest BCUT2D eigenvalue weighted by atomic mass is 10.1. The van der Waals surface area contributed by atoms with Gasteiger partial charge in [-0.2, -0.15) is 0 Å². The SMILES string of the molecule is OC1CCCN(Cc2cc(-c3cccs3)on2)C1. The van der Waals surface area contributed by atoms with Crippen molar-refractivity contribution in [3.05, 3.63) is 29.3 Å². The molecule has 1 unspecified atom stereocenters. The van der Waals surface area contributed by atoms with Gasteiger partial charge in [-0.3, -0.25) is 4.90 Å². The van der Waals surface area contributed by atoms with E-state index in [1.807, 2.05) is 23.6 Å². The van der Waals surface area contributed by atoms with Gasteiger partial charge >= 0.3 is 0 Å². The van der Waals surface area contributed by atoms with Crippen molar-refractivity contribution >= 4 is 11.3 Å². The van der Waals surface area contributed by atoms with Gasteiger partial charge in [0.15, 0.2) is 5.76 Å². The molecule has 2 aromatic rings. The molecule has 0 spiro atoms. The van der Waals surface area contributed by atoms with E-state index in [1.54, 1.807) is 11.3 Å². The van der Waals surface area contributed by atoms with Crippen LogP contribution in [-0.4, -0.2) is 34.4 Å². The van der Waals surface area contributed by atoms with Crippen molar-refractivity contribution in [3.8, 4) is 10.6 Å². The summed E-state index contributed by atoms with van der Waals surface area (Å²) in [6, 6.07) is 6.02. The highest BCUT2D eigenvalue weighted by atomic mass is 32.1. The third kappa shape index (κ3) is 2.63. The highest BCUT2D eigenvalue weighted by Gasteiger charge is 2.19. The number of β-amino-alcohol motifs (C(OH)–C–C–N with tert-alkyl or cyclic N) is 1. The van der Waals surface area contributed by atoms with Crippen LogP contribution >= 0.6 is 11.3 Å². The summed E-state index contributed by atoms with van der Waals surface area (Å²) in [7, 11) is 0. The molecule has 1 saturated heterocycles. The van der Waals surface area contributed by atoms with Crippen molar-refractivity contribution in [1.29, 1.82) is 0 Å². The standard InChI is InChI=1S/C13H16N2O2S/c16-11-3-1-5-15(9-11)8-10-7-12(17-14-10)13-4-2-6-18-13/h2,4,6-7,11,16H,1,3,5,8-9H2. The number of likely N-dealkylation sites (tertiary alicyclic amines) is 1.